The molecule has 0 aliphatic heterocycles. The van der Waals surface area contributed by atoms with Crippen molar-refractivity contribution in [2.24, 2.45) is 0 Å². The van der Waals surface area contributed by atoms with Crippen LogP contribution in [0.5, 0.6) is 11.5 Å². The Kier molecular flexibility index (Phi) is 7.93. The summed E-state index contributed by atoms with van der Waals surface area (Å²) in [6, 6.07) is 6.76. The monoisotopic (exact) mass is 444 g/mol. The predicted molar refractivity (Wildman–Crippen MR) is 105 cm³/mol. The molecule has 30 heavy (non-hydrogen) atoms. The minimum absolute atomic E-state index is 0.0769. The first-order valence-electron chi connectivity index (χ1n) is 8.91. The predicted octanol–water partition coefficient (Wildman–Crippen LogP) is 3.93. The van der Waals surface area contributed by atoms with Crippen LogP contribution in [0.25, 0.3) is 0 Å². The molecule has 0 aromatic heterocycles. The van der Waals surface area contributed by atoms with Gasteiger partial charge in [-0.2, -0.15) is 13.2 Å². The summed E-state index contributed by atoms with van der Waals surface area (Å²) < 4.78 is 48.2. The average Bonchev–Trinajstić information content (AvgIpc) is 2.71. The van der Waals surface area contributed by atoms with E-state index in [1.165, 1.54) is 19.2 Å². The first-order chi connectivity index (χ1) is 14.2. The van der Waals surface area contributed by atoms with Crippen LogP contribution in [0.3, 0.4) is 0 Å². The lowest BCUT2D eigenvalue weighted by Crippen LogP contribution is -2.34. The van der Waals surface area contributed by atoms with Crippen LogP contribution < -0.4 is 20.1 Å². The zero-order valence-corrected chi connectivity index (χ0v) is 17.0. The summed E-state index contributed by atoms with van der Waals surface area (Å²) in [6.07, 6.45) is -4.47. The van der Waals surface area contributed by atoms with Gasteiger partial charge in [-0.3, -0.25) is 9.59 Å². The van der Waals surface area contributed by atoms with Crippen molar-refractivity contribution in [1.29, 1.82) is 0 Å². The molecule has 10 heteroatoms. The molecule has 162 valence electrons. The number of amides is 2. The van der Waals surface area contributed by atoms with Gasteiger partial charge in [0.2, 0.25) is 0 Å². The topological polar surface area (TPSA) is 76.7 Å². The highest BCUT2D eigenvalue weighted by molar-refractivity contribution is 6.32. The van der Waals surface area contributed by atoms with Crippen LogP contribution >= 0.6 is 11.6 Å². The van der Waals surface area contributed by atoms with E-state index in [1.54, 1.807) is 6.92 Å². The molecule has 2 amide bonds. The highest BCUT2D eigenvalue weighted by Crippen LogP contribution is 2.36. The molecule has 0 aliphatic rings. The number of hydrogen-bond donors (Lipinski definition) is 2. The fraction of sp³-hybridized carbons (Fsp3) is 0.300. The van der Waals surface area contributed by atoms with E-state index in [9.17, 15) is 22.8 Å². The van der Waals surface area contributed by atoms with Gasteiger partial charge in [0, 0.05) is 24.2 Å². The third kappa shape index (κ3) is 6.03. The van der Waals surface area contributed by atoms with Crippen LogP contribution in [-0.2, 0) is 6.18 Å². The van der Waals surface area contributed by atoms with Crippen LogP contribution in [0.4, 0.5) is 13.2 Å². The van der Waals surface area contributed by atoms with E-state index in [-0.39, 0.29) is 29.2 Å². The number of alkyl halides is 3. The van der Waals surface area contributed by atoms with Crippen molar-refractivity contribution in [2.45, 2.75) is 13.1 Å². The van der Waals surface area contributed by atoms with E-state index in [2.05, 4.69) is 10.6 Å². The third-order valence-corrected chi connectivity index (χ3v) is 4.23. The summed E-state index contributed by atoms with van der Waals surface area (Å²) in [5.41, 5.74) is -0.512. The van der Waals surface area contributed by atoms with Crippen LogP contribution in [0.15, 0.2) is 36.4 Å². The summed E-state index contributed by atoms with van der Waals surface area (Å²) in [5.74, 6) is -0.349. The second-order valence-electron chi connectivity index (χ2n) is 6.01. The molecule has 0 saturated heterocycles. The van der Waals surface area contributed by atoms with E-state index in [0.29, 0.717) is 18.1 Å². The Morgan fingerprint density at radius 3 is 2.07 bits per heavy atom. The van der Waals surface area contributed by atoms with Gasteiger partial charge in [-0.15, -0.1) is 0 Å². The van der Waals surface area contributed by atoms with Crippen molar-refractivity contribution in [3.05, 3.63) is 58.1 Å². The van der Waals surface area contributed by atoms with Gasteiger partial charge in [-0.1, -0.05) is 11.6 Å². The Balaban J connectivity index is 1.89. The van der Waals surface area contributed by atoms with Gasteiger partial charge in [0.15, 0.2) is 11.5 Å². The normalized spacial score (nSPS) is 11.0. The zero-order valence-electron chi connectivity index (χ0n) is 16.2. The molecule has 0 aliphatic carbocycles. The number of carbonyl (C=O) groups excluding carboxylic acids is 2. The van der Waals surface area contributed by atoms with Crippen molar-refractivity contribution < 1.29 is 32.2 Å². The number of rotatable bonds is 8. The summed E-state index contributed by atoms with van der Waals surface area (Å²) in [7, 11) is 1.42. The number of methoxy groups -OCH3 is 1. The van der Waals surface area contributed by atoms with Gasteiger partial charge in [0.25, 0.3) is 11.8 Å². The molecule has 0 heterocycles. The van der Waals surface area contributed by atoms with Crippen molar-refractivity contribution >= 4 is 23.4 Å². The SMILES string of the molecule is CCOc1c(Cl)cc(C(=O)NCCNC(=O)c2ccc(C(F)(F)F)cc2)cc1OC. The maximum Gasteiger partial charge on any atom is 0.416 e. The molecule has 0 spiro atoms. The minimum atomic E-state index is -4.47. The molecular formula is C20H20ClF3N2O4. The lowest BCUT2D eigenvalue weighted by molar-refractivity contribution is -0.137. The van der Waals surface area contributed by atoms with Crippen LogP contribution in [-0.4, -0.2) is 38.6 Å². The smallest absolute Gasteiger partial charge is 0.416 e. The summed E-state index contributed by atoms with van der Waals surface area (Å²) in [4.78, 5) is 24.3. The average molecular weight is 445 g/mol. The second kappa shape index (κ2) is 10.2. The summed E-state index contributed by atoms with van der Waals surface area (Å²) in [6.45, 7) is 2.33. The summed E-state index contributed by atoms with van der Waals surface area (Å²) >= 11 is 6.13. The second-order valence-corrected chi connectivity index (χ2v) is 6.42. The molecule has 2 N–H and O–H groups in total. The van der Waals surface area contributed by atoms with E-state index in [1.807, 2.05) is 0 Å². The molecule has 0 atom stereocenters. The fourth-order valence-corrected chi connectivity index (χ4v) is 2.77. The lowest BCUT2D eigenvalue weighted by Gasteiger charge is -2.13. The van der Waals surface area contributed by atoms with E-state index in [4.69, 9.17) is 21.1 Å². The molecule has 0 fully saturated rings. The summed E-state index contributed by atoms with van der Waals surface area (Å²) in [5, 5.41) is 5.34. The number of ether oxygens (including phenoxy) is 2. The van der Waals surface area contributed by atoms with Gasteiger partial charge >= 0.3 is 6.18 Å². The van der Waals surface area contributed by atoms with Crippen LogP contribution in [0.1, 0.15) is 33.2 Å². The van der Waals surface area contributed by atoms with Crippen molar-refractivity contribution in [3.63, 3.8) is 0 Å². The van der Waals surface area contributed by atoms with E-state index < -0.39 is 23.6 Å². The Labute approximate surface area is 176 Å². The van der Waals surface area contributed by atoms with Gasteiger partial charge in [-0.05, 0) is 43.3 Å². The Morgan fingerprint density at radius 1 is 1.00 bits per heavy atom. The fourth-order valence-electron chi connectivity index (χ4n) is 2.50. The first kappa shape index (κ1) is 23.3. The molecule has 0 unspecified atom stereocenters. The van der Waals surface area contributed by atoms with Crippen molar-refractivity contribution in [2.75, 3.05) is 26.8 Å². The first-order valence-corrected chi connectivity index (χ1v) is 9.29. The maximum atomic E-state index is 12.6. The molecule has 2 aromatic carbocycles. The number of halogens is 4. The number of hydrogen-bond acceptors (Lipinski definition) is 4. The molecule has 2 aromatic rings. The van der Waals surface area contributed by atoms with Crippen molar-refractivity contribution in [3.8, 4) is 11.5 Å². The molecule has 2 rings (SSSR count). The zero-order chi connectivity index (χ0) is 22.3. The van der Waals surface area contributed by atoms with E-state index >= 15 is 0 Å². The Morgan fingerprint density at radius 2 is 1.57 bits per heavy atom. The highest BCUT2D eigenvalue weighted by Gasteiger charge is 2.30. The van der Waals surface area contributed by atoms with Crippen LogP contribution in [0, 0.1) is 0 Å². The number of benzene rings is 2. The third-order valence-electron chi connectivity index (χ3n) is 3.95. The van der Waals surface area contributed by atoms with Gasteiger partial charge in [-0.25, -0.2) is 0 Å². The minimum Gasteiger partial charge on any atom is -0.493 e. The Hall–Kier alpha value is -2.94. The maximum absolute atomic E-state index is 12.6. The van der Waals surface area contributed by atoms with E-state index in [0.717, 1.165) is 24.3 Å². The van der Waals surface area contributed by atoms with Crippen LogP contribution in [0.2, 0.25) is 5.02 Å². The molecular weight excluding hydrogens is 425 g/mol. The van der Waals surface area contributed by atoms with Gasteiger partial charge in [0.05, 0.1) is 24.3 Å². The standard InChI is InChI=1S/C20H20ClF3N2O4/c1-3-30-17-15(21)10-13(11-16(17)29-2)19(28)26-9-8-25-18(27)12-4-6-14(7-5-12)20(22,23)24/h4-7,10-11H,3,8-9H2,1-2H3,(H,25,27)(H,26,28). The number of nitrogens with one attached hydrogen (secondary N) is 2. The molecule has 0 saturated carbocycles. The van der Waals surface area contributed by atoms with Gasteiger partial charge < -0.3 is 20.1 Å². The lowest BCUT2D eigenvalue weighted by atomic mass is 10.1. The largest absolute Gasteiger partial charge is 0.493 e. The molecule has 0 bridgehead atoms. The highest BCUT2D eigenvalue weighted by atomic mass is 35.5. The van der Waals surface area contributed by atoms with Crippen molar-refractivity contribution in [1.82, 2.24) is 10.6 Å². The quantitative estimate of drug-likeness (QED) is 0.605. The molecule has 0 radical (unpaired) electrons. The number of carbonyl (C=O) groups is 2. The molecule has 6 nitrogen and oxygen atoms in total. The van der Waals surface area contributed by atoms with Gasteiger partial charge in [0.1, 0.15) is 0 Å². The Bertz CT molecular complexity index is 902.